The molecule has 0 unspecified atom stereocenters. The van der Waals surface area contributed by atoms with Crippen molar-refractivity contribution in [1.29, 1.82) is 0 Å². The van der Waals surface area contributed by atoms with Crippen molar-refractivity contribution in [2.75, 3.05) is 23.7 Å². The van der Waals surface area contributed by atoms with E-state index in [1.807, 2.05) is 0 Å². The van der Waals surface area contributed by atoms with E-state index >= 15 is 0 Å². The molecule has 0 bridgehead atoms. The van der Waals surface area contributed by atoms with Crippen molar-refractivity contribution in [2.45, 2.75) is 12.8 Å². The van der Waals surface area contributed by atoms with Crippen LogP contribution in [0.25, 0.3) is 0 Å². The quantitative estimate of drug-likeness (QED) is 0.516. The third-order valence-corrected chi connectivity index (χ3v) is 3.70. The van der Waals surface area contributed by atoms with Gasteiger partial charge in [0, 0.05) is 34.9 Å². The Bertz CT molecular complexity index is 415. The second kappa shape index (κ2) is 9.94. The van der Waals surface area contributed by atoms with E-state index in [-0.39, 0.29) is 11.8 Å². The lowest BCUT2D eigenvalue weighted by molar-refractivity contribution is 0.0953. The largest absolute Gasteiger partial charge is 0.352 e. The van der Waals surface area contributed by atoms with Gasteiger partial charge in [0.2, 0.25) is 0 Å². The fraction of sp³-hybridized carbons (Fsp3) is 0.429. The zero-order chi connectivity index (χ0) is 14.8. The number of rotatable bonds is 8. The molecular formula is C14H18Br2N2O2. The van der Waals surface area contributed by atoms with Crippen LogP contribution < -0.4 is 10.6 Å². The van der Waals surface area contributed by atoms with Crippen molar-refractivity contribution in [3.8, 4) is 0 Å². The second-order valence-corrected chi connectivity index (χ2v) is 5.76. The van der Waals surface area contributed by atoms with Gasteiger partial charge in [-0.3, -0.25) is 9.59 Å². The summed E-state index contributed by atoms with van der Waals surface area (Å²) >= 11 is 6.62. The highest BCUT2D eigenvalue weighted by molar-refractivity contribution is 9.09. The molecule has 0 atom stereocenters. The van der Waals surface area contributed by atoms with Crippen molar-refractivity contribution in [3.05, 3.63) is 35.4 Å². The smallest absolute Gasteiger partial charge is 0.251 e. The Morgan fingerprint density at radius 2 is 1.35 bits per heavy atom. The summed E-state index contributed by atoms with van der Waals surface area (Å²) in [7, 11) is 0. The minimum atomic E-state index is -0.152. The lowest BCUT2D eigenvalue weighted by Crippen LogP contribution is -2.27. The van der Waals surface area contributed by atoms with Crippen LogP contribution in [0, 0.1) is 0 Å². The van der Waals surface area contributed by atoms with E-state index in [1.54, 1.807) is 24.3 Å². The number of benzene rings is 1. The summed E-state index contributed by atoms with van der Waals surface area (Å²) in [6.45, 7) is 1.23. The summed E-state index contributed by atoms with van der Waals surface area (Å²) in [6.07, 6.45) is 1.75. The number of carbonyl (C=O) groups excluding carboxylic acids is 2. The second-order valence-electron chi connectivity index (χ2n) is 4.18. The molecule has 1 aromatic carbocycles. The van der Waals surface area contributed by atoms with Crippen LogP contribution in [0.2, 0.25) is 0 Å². The van der Waals surface area contributed by atoms with Gasteiger partial charge in [-0.2, -0.15) is 0 Å². The number of amides is 2. The predicted octanol–water partition coefficient (Wildman–Crippen LogP) is 2.72. The Hall–Kier alpha value is -0.880. The van der Waals surface area contributed by atoms with Gasteiger partial charge in [-0.15, -0.1) is 0 Å². The van der Waals surface area contributed by atoms with Gasteiger partial charge in [0.25, 0.3) is 11.8 Å². The molecule has 0 fully saturated rings. The normalized spacial score (nSPS) is 10.1. The van der Waals surface area contributed by atoms with Crippen molar-refractivity contribution in [3.63, 3.8) is 0 Å². The van der Waals surface area contributed by atoms with Crippen molar-refractivity contribution < 1.29 is 9.59 Å². The van der Waals surface area contributed by atoms with E-state index in [9.17, 15) is 9.59 Å². The van der Waals surface area contributed by atoms with E-state index in [4.69, 9.17) is 0 Å². The average Bonchev–Trinajstić information content (AvgIpc) is 2.47. The highest BCUT2D eigenvalue weighted by Crippen LogP contribution is 2.05. The topological polar surface area (TPSA) is 58.2 Å². The molecule has 0 aliphatic rings. The average molecular weight is 406 g/mol. The molecule has 0 radical (unpaired) electrons. The zero-order valence-corrected chi connectivity index (χ0v) is 14.3. The Morgan fingerprint density at radius 1 is 0.900 bits per heavy atom. The Labute approximate surface area is 136 Å². The Balaban J connectivity index is 2.60. The molecule has 1 aromatic rings. The summed E-state index contributed by atoms with van der Waals surface area (Å²) in [4.78, 5) is 23.8. The van der Waals surface area contributed by atoms with Crippen LogP contribution >= 0.6 is 31.9 Å². The molecule has 1 rings (SSSR count). The summed E-state index contributed by atoms with van der Waals surface area (Å²) in [5.74, 6) is -0.304. The maximum atomic E-state index is 11.9. The van der Waals surface area contributed by atoms with Crippen LogP contribution in [-0.4, -0.2) is 35.6 Å². The number of alkyl halides is 2. The standard InChI is InChI=1S/C14H18Br2N2O2/c15-6-2-8-17-13(19)11-4-1-5-12(10-11)14(20)18-9-3-7-16/h1,4-5,10H,2-3,6-9H2,(H,17,19)(H,18,20). The number of hydrogen-bond acceptors (Lipinski definition) is 2. The molecule has 110 valence electrons. The van der Waals surface area contributed by atoms with Gasteiger partial charge < -0.3 is 10.6 Å². The molecule has 0 aliphatic heterocycles. The SMILES string of the molecule is O=C(NCCCBr)c1cccc(C(=O)NCCCBr)c1. The highest BCUT2D eigenvalue weighted by Gasteiger charge is 2.09. The van der Waals surface area contributed by atoms with Crippen LogP contribution in [0.4, 0.5) is 0 Å². The lowest BCUT2D eigenvalue weighted by Gasteiger charge is -2.07. The summed E-state index contributed by atoms with van der Waals surface area (Å²) in [6, 6.07) is 6.75. The highest BCUT2D eigenvalue weighted by atomic mass is 79.9. The van der Waals surface area contributed by atoms with E-state index in [1.165, 1.54) is 0 Å². The van der Waals surface area contributed by atoms with E-state index in [0.29, 0.717) is 24.2 Å². The molecule has 2 N–H and O–H groups in total. The first-order valence-corrected chi connectivity index (χ1v) is 8.71. The van der Waals surface area contributed by atoms with Crippen LogP contribution in [0.15, 0.2) is 24.3 Å². The molecule has 6 heteroatoms. The summed E-state index contributed by atoms with van der Waals surface area (Å²) in [5.41, 5.74) is 1.01. The minimum absolute atomic E-state index is 0.152. The fourth-order valence-corrected chi connectivity index (χ4v) is 2.10. The third kappa shape index (κ3) is 6.05. The Kier molecular flexibility index (Phi) is 8.53. The van der Waals surface area contributed by atoms with E-state index < -0.39 is 0 Å². The Morgan fingerprint density at radius 3 is 1.75 bits per heavy atom. The maximum absolute atomic E-state index is 11.9. The molecule has 4 nitrogen and oxygen atoms in total. The molecular weight excluding hydrogens is 388 g/mol. The molecule has 0 saturated heterocycles. The predicted molar refractivity (Wildman–Crippen MR) is 87.9 cm³/mol. The first-order valence-electron chi connectivity index (χ1n) is 6.47. The van der Waals surface area contributed by atoms with Crippen LogP contribution in [0.5, 0.6) is 0 Å². The van der Waals surface area contributed by atoms with Crippen molar-refractivity contribution in [1.82, 2.24) is 10.6 Å². The van der Waals surface area contributed by atoms with Crippen molar-refractivity contribution in [2.24, 2.45) is 0 Å². The van der Waals surface area contributed by atoms with Gasteiger partial charge >= 0.3 is 0 Å². The summed E-state index contributed by atoms with van der Waals surface area (Å²) in [5, 5.41) is 7.32. The molecule has 0 aliphatic carbocycles. The van der Waals surface area contributed by atoms with Gasteiger partial charge in [0.1, 0.15) is 0 Å². The molecule has 0 heterocycles. The number of halogens is 2. The molecule has 0 aromatic heterocycles. The molecule has 20 heavy (non-hydrogen) atoms. The number of carbonyl (C=O) groups is 2. The molecule has 0 saturated carbocycles. The first kappa shape index (κ1) is 17.2. The van der Waals surface area contributed by atoms with Crippen LogP contribution in [0.1, 0.15) is 33.6 Å². The van der Waals surface area contributed by atoms with Crippen molar-refractivity contribution >= 4 is 43.7 Å². The van der Waals surface area contributed by atoms with Gasteiger partial charge in [-0.25, -0.2) is 0 Å². The lowest BCUT2D eigenvalue weighted by atomic mass is 10.1. The number of hydrogen-bond donors (Lipinski definition) is 2. The number of nitrogens with one attached hydrogen (secondary N) is 2. The molecule has 2 amide bonds. The van der Waals surface area contributed by atoms with Gasteiger partial charge in [0.05, 0.1) is 0 Å². The van der Waals surface area contributed by atoms with E-state index in [2.05, 4.69) is 42.5 Å². The van der Waals surface area contributed by atoms with E-state index in [0.717, 1.165) is 23.5 Å². The first-order chi connectivity index (χ1) is 9.69. The maximum Gasteiger partial charge on any atom is 0.251 e. The van der Waals surface area contributed by atoms with Crippen LogP contribution in [0.3, 0.4) is 0 Å². The van der Waals surface area contributed by atoms with Crippen LogP contribution in [-0.2, 0) is 0 Å². The van der Waals surface area contributed by atoms with Gasteiger partial charge in [0.15, 0.2) is 0 Å². The zero-order valence-electron chi connectivity index (χ0n) is 11.1. The molecule has 0 spiro atoms. The fourth-order valence-electron chi connectivity index (χ4n) is 1.54. The van der Waals surface area contributed by atoms with Gasteiger partial charge in [-0.05, 0) is 31.0 Å². The monoisotopic (exact) mass is 404 g/mol. The minimum Gasteiger partial charge on any atom is -0.352 e. The summed E-state index contributed by atoms with van der Waals surface area (Å²) < 4.78 is 0. The third-order valence-electron chi connectivity index (χ3n) is 2.58. The van der Waals surface area contributed by atoms with Gasteiger partial charge in [-0.1, -0.05) is 37.9 Å².